The molecule has 1 aromatic carbocycles. The van der Waals surface area contributed by atoms with Crippen molar-refractivity contribution in [3.8, 4) is 0 Å². The molecule has 0 fully saturated rings. The van der Waals surface area contributed by atoms with E-state index in [-0.39, 0.29) is 6.42 Å². The molecule has 0 saturated carbocycles. The lowest BCUT2D eigenvalue weighted by molar-refractivity contribution is -0.141. The van der Waals surface area contributed by atoms with E-state index in [0.717, 1.165) is 5.56 Å². The van der Waals surface area contributed by atoms with Crippen molar-refractivity contribution in [2.24, 2.45) is 5.73 Å². The molecule has 122 valence electrons. The third-order valence-electron chi connectivity index (χ3n) is 3.20. The van der Waals surface area contributed by atoms with Crippen LogP contribution in [-0.2, 0) is 20.6 Å². The Morgan fingerprint density at radius 3 is 2.41 bits per heavy atom. The number of aliphatic carboxylic acids is 1. The summed E-state index contributed by atoms with van der Waals surface area (Å²) in [6.45, 7) is 1.33. The zero-order chi connectivity index (χ0) is 16.8. The molecular weight excluding hydrogens is 307 g/mol. The van der Waals surface area contributed by atoms with Gasteiger partial charge in [0.05, 0.1) is 11.9 Å². The number of hydrogen-bond acceptors (Lipinski definition) is 4. The number of nitrogens with two attached hydrogens (primary N) is 1. The van der Waals surface area contributed by atoms with Crippen molar-refractivity contribution < 1.29 is 24.2 Å². The summed E-state index contributed by atoms with van der Waals surface area (Å²) in [5.74, 6) is -2.89. The normalized spacial score (nSPS) is 16.3. The summed E-state index contributed by atoms with van der Waals surface area (Å²) in [4.78, 5) is 32.6. The quantitative estimate of drug-likeness (QED) is 0.521. The largest absolute Gasteiger partial charge is 0.480 e. The smallest absolute Gasteiger partial charge is 0.326 e. The maximum Gasteiger partial charge on any atom is 0.326 e. The fraction of sp³-hybridized carbons (Fsp3) is 0.429. The third-order valence-corrected chi connectivity index (χ3v) is 5.36. The average Bonchev–Trinajstić information content (AvgIpc) is 2.45. The molecule has 0 saturated heterocycles. The predicted molar refractivity (Wildman–Crippen MR) is 82.7 cm³/mol. The van der Waals surface area contributed by atoms with Crippen LogP contribution in [0.25, 0.3) is 0 Å². The minimum Gasteiger partial charge on any atom is -0.480 e. The maximum absolute atomic E-state index is 11.8. The minimum absolute atomic E-state index is 0.0989. The van der Waals surface area contributed by atoms with Gasteiger partial charge in [0.2, 0.25) is 13.3 Å². The van der Waals surface area contributed by atoms with E-state index in [1.165, 1.54) is 6.92 Å². The second-order valence-electron chi connectivity index (χ2n) is 5.12. The molecule has 1 aromatic rings. The van der Waals surface area contributed by atoms with Crippen LogP contribution >= 0.6 is 7.37 Å². The molecule has 5 N–H and O–H groups in total. The van der Waals surface area contributed by atoms with Gasteiger partial charge in [0, 0.05) is 6.42 Å². The van der Waals surface area contributed by atoms with Gasteiger partial charge in [-0.25, -0.2) is 4.79 Å². The van der Waals surface area contributed by atoms with Crippen LogP contribution < -0.4 is 11.1 Å². The lowest BCUT2D eigenvalue weighted by atomic mass is 10.1. The highest BCUT2D eigenvalue weighted by Gasteiger charge is 2.32. The first-order chi connectivity index (χ1) is 10.2. The van der Waals surface area contributed by atoms with Crippen LogP contribution in [0.3, 0.4) is 0 Å². The second kappa shape index (κ2) is 8.08. The van der Waals surface area contributed by atoms with Gasteiger partial charge in [-0.1, -0.05) is 30.3 Å². The van der Waals surface area contributed by atoms with Gasteiger partial charge >= 0.3 is 5.97 Å². The molecular formula is C14H21N2O5P. The molecule has 0 aliphatic carbocycles. The Bertz CT molecular complexity index is 562. The SMILES string of the molecule is CC(N)P(=O)(O)CC(NC(=O)CCc1ccccc1)C(=O)O. The summed E-state index contributed by atoms with van der Waals surface area (Å²) in [7, 11) is -3.83. The average molecular weight is 328 g/mol. The van der Waals surface area contributed by atoms with Gasteiger partial charge in [-0.2, -0.15) is 0 Å². The van der Waals surface area contributed by atoms with Crippen molar-refractivity contribution in [2.45, 2.75) is 31.6 Å². The van der Waals surface area contributed by atoms with E-state index in [1.807, 2.05) is 30.3 Å². The van der Waals surface area contributed by atoms with Gasteiger partial charge in [-0.05, 0) is 18.9 Å². The van der Waals surface area contributed by atoms with Crippen LogP contribution in [0, 0.1) is 0 Å². The summed E-state index contributed by atoms with van der Waals surface area (Å²) in [6.07, 6.45) is -0.0259. The van der Waals surface area contributed by atoms with Crippen LogP contribution in [0.1, 0.15) is 18.9 Å². The van der Waals surface area contributed by atoms with Crippen LogP contribution in [0.5, 0.6) is 0 Å². The van der Waals surface area contributed by atoms with E-state index in [9.17, 15) is 19.0 Å². The van der Waals surface area contributed by atoms with Crippen molar-refractivity contribution >= 4 is 19.2 Å². The molecule has 0 heterocycles. The highest BCUT2D eigenvalue weighted by Crippen LogP contribution is 2.44. The van der Waals surface area contributed by atoms with Gasteiger partial charge in [0.1, 0.15) is 6.04 Å². The second-order valence-corrected chi connectivity index (χ2v) is 7.81. The Morgan fingerprint density at radius 2 is 1.91 bits per heavy atom. The van der Waals surface area contributed by atoms with Crippen molar-refractivity contribution in [3.05, 3.63) is 35.9 Å². The summed E-state index contributed by atoms with van der Waals surface area (Å²) in [5, 5.41) is 11.3. The lowest BCUT2D eigenvalue weighted by Crippen LogP contribution is -2.44. The fourth-order valence-electron chi connectivity index (χ4n) is 1.78. The first kappa shape index (κ1) is 18.4. The number of amides is 1. The first-order valence-corrected chi connectivity index (χ1v) is 8.77. The van der Waals surface area contributed by atoms with Gasteiger partial charge in [0.15, 0.2) is 0 Å². The highest BCUT2D eigenvalue weighted by molar-refractivity contribution is 7.58. The van der Waals surface area contributed by atoms with Gasteiger partial charge in [0.25, 0.3) is 0 Å². The molecule has 0 bridgehead atoms. The number of rotatable bonds is 8. The molecule has 1 rings (SSSR count). The summed E-state index contributed by atoms with van der Waals surface area (Å²) in [6, 6.07) is 7.84. The van der Waals surface area contributed by atoms with Crippen LogP contribution in [0.2, 0.25) is 0 Å². The molecule has 3 atom stereocenters. The molecule has 0 aliphatic heterocycles. The molecule has 22 heavy (non-hydrogen) atoms. The molecule has 1 amide bonds. The van der Waals surface area contributed by atoms with Gasteiger partial charge in [-0.15, -0.1) is 0 Å². The van der Waals surface area contributed by atoms with Crippen molar-refractivity contribution in [3.63, 3.8) is 0 Å². The highest BCUT2D eigenvalue weighted by atomic mass is 31.2. The minimum atomic E-state index is -3.83. The van der Waals surface area contributed by atoms with Crippen LogP contribution in [-0.4, -0.2) is 39.9 Å². The summed E-state index contributed by atoms with van der Waals surface area (Å²) in [5.41, 5.74) is 6.32. The first-order valence-electron chi connectivity index (χ1n) is 6.85. The number of nitrogens with one attached hydrogen (secondary N) is 1. The molecule has 7 nitrogen and oxygen atoms in total. The monoisotopic (exact) mass is 328 g/mol. The number of carbonyl (C=O) groups excluding carboxylic acids is 1. The molecule has 0 aliphatic rings. The number of carboxylic acid groups (broad SMARTS) is 1. The van der Waals surface area contributed by atoms with Crippen LogP contribution in [0.15, 0.2) is 30.3 Å². The van der Waals surface area contributed by atoms with E-state index in [0.29, 0.717) is 6.42 Å². The number of carbonyl (C=O) groups is 2. The Balaban J connectivity index is 2.58. The zero-order valence-electron chi connectivity index (χ0n) is 12.3. The van der Waals surface area contributed by atoms with Crippen molar-refractivity contribution in [1.29, 1.82) is 0 Å². The Kier molecular flexibility index (Phi) is 6.74. The number of hydrogen-bond donors (Lipinski definition) is 4. The Hall–Kier alpha value is -1.69. The van der Waals surface area contributed by atoms with E-state index >= 15 is 0 Å². The van der Waals surface area contributed by atoms with E-state index in [4.69, 9.17) is 10.8 Å². The maximum atomic E-state index is 11.8. The molecule has 3 unspecified atom stereocenters. The number of carboxylic acids is 1. The third kappa shape index (κ3) is 5.97. The standard InChI is InChI=1S/C14H21N2O5P/c1-10(15)22(20,21)9-12(14(18)19)16-13(17)8-7-11-5-3-2-4-6-11/h2-6,10,12H,7-9,15H2,1H3,(H,16,17)(H,18,19)(H,20,21). The molecule has 0 spiro atoms. The lowest BCUT2D eigenvalue weighted by Gasteiger charge is -2.20. The molecule has 0 radical (unpaired) electrons. The van der Waals surface area contributed by atoms with Crippen molar-refractivity contribution in [1.82, 2.24) is 5.32 Å². The Morgan fingerprint density at radius 1 is 1.32 bits per heavy atom. The number of aryl methyl sites for hydroxylation is 1. The number of benzene rings is 1. The van der Waals surface area contributed by atoms with Crippen molar-refractivity contribution in [2.75, 3.05) is 6.16 Å². The fourth-order valence-corrected chi connectivity index (χ4v) is 2.89. The van der Waals surface area contributed by atoms with Crippen LogP contribution in [0.4, 0.5) is 0 Å². The van der Waals surface area contributed by atoms with Gasteiger partial charge < -0.3 is 21.1 Å². The Labute approximate surface area is 129 Å². The van der Waals surface area contributed by atoms with E-state index in [1.54, 1.807) is 0 Å². The van der Waals surface area contributed by atoms with E-state index < -0.39 is 37.2 Å². The molecule has 0 aromatic heterocycles. The summed E-state index contributed by atoms with van der Waals surface area (Å²) < 4.78 is 11.8. The predicted octanol–water partition coefficient (Wildman–Crippen LogP) is 0.764. The van der Waals surface area contributed by atoms with Gasteiger partial charge in [-0.3, -0.25) is 9.36 Å². The topological polar surface area (TPSA) is 130 Å². The van der Waals surface area contributed by atoms with E-state index in [2.05, 4.69) is 5.32 Å². The zero-order valence-corrected chi connectivity index (χ0v) is 13.2. The molecule has 8 heteroatoms. The summed E-state index contributed by atoms with van der Waals surface area (Å²) >= 11 is 0.